The summed E-state index contributed by atoms with van der Waals surface area (Å²) < 4.78 is 12.3. The third-order valence-corrected chi connectivity index (χ3v) is 6.10. The molecule has 9 heteroatoms. The zero-order chi connectivity index (χ0) is 23.9. The van der Waals surface area contributed by atoms with Crippen LogP contribution in [0.5, 0.6) is 5.75 Å². The van der Waals surface area contributed by atoms with Gasteiger partial charge in [0.2, 0.25) is 0 Å². The Morgan fingerprint density at radius 3 is 2.59 bits per heavy atom. The van der Waals surface area contributed by atoms with Crippen molar-refractivity contribution < 1.29 is 24.2 Å². The number of aromatic nitrogens is 3. The molecule has 1 aliphatic heterocycles. The minimum atomic E-state index is -1.09. The Hall–Kier alpha value is -3.59. The number of rotatable bonds is 10. The maximum atomic E-state index is 12.7. The fourth-order valence-electron chi connectivity index (χ4n) is 3.97. The number of nitrogens with zero attached hydrogens (tertiary/aromatic N) is 3. The summed E-state index contributed by atoms with van der Waals surface area (Å²) in [6.45, 7) is 2.18. The number of Topliss-reactive ketones (excluding diaryl/α,β-unsaturated/α-hetero) is 1. The molecule has 1 aromatic heterocycles. The smallest absolute Gasteiger partial charge is 0.307 e. The molecule has 1 atom stereocenters. The molecule has 0 radical (unpaired) electrons. The summed E-state index contributed by atoms with van der Waals surface area (Å²) in [5.41, 5.74) is 0.568. The molecule has 1 unspecified atom stereocenters. The van der Waals surface area contributed by atoms with E-state index in [1.54, 1.807) is 48.5 Å². The van der Waals surface area contributed by atoms with Crippen LogP contribution in [0, 0.1) is 11.8 Å². The van der Waals surface area contributed by atoms with Crippen LogP contribution in [0.1, 0.15) is 36.0 Å². The fourth-order valence-corrected chi connectivity index (χ4v) is 3.97. The highest BCUT2D eigenvalue weighted by molar-refractivity contribution is 5.98. The van der Waals surface area contributed by atoms with Crippen molar-refractivity contribution in [2.24, 2.45) is 11.8 Å². The molecular weight excluding hydrogens is 438 g/mol. The molecule has 2 heterocycles. The minimum Gasteiger partial charge on any atom is -0.493 e. The van der Waals surface area contributed by atoms with Crippen molar-refractivity contribution in [3.63, 3.8) is 0 Å². The maximum Gasteiger partial charge on any atom is 0.307 e. The topological polar surface area (TPSA) is 121 Å². The summed E-state index contributed by atoms with van der Waals surface area (Å²) >= 11 is 0. The molecule has 1 aliphatic rings. The number of hydrogen-bond donors (Lipinski definition) is 1. The van der Waals surface area contributed by atoms with Gasteiger partial charge in [-0.15, -0.1) is 5.10 Å². The Kier molecular flexibility index (Phi) is 7.64. The van der Waals surface area contributed by atoms with Crippen LogP contribution in [-0.4, -0.2) is 51.7 Å². The van der Waals surface area contributed by atoms with Crippen LogP contribution in [0.3, 0.4) is 0 Å². The first kappa shape index (κ1) is 23.6. The van der Waals surface area contributed by atoms with Gasteiger partial charge in [0.25, 0.3) is 5.56 Å². The molecule has 34 heavy (non-hydrogen) atoms. The SMILES string of the molecule is O=C(CC(CCn1nnc2ccccc2c1=O)C(=O)O)c1ccc(OCC2CCOCC2)cc1. The highest BCUT2D eigenvalue weighted by Crippen LogP contribution is 2.20. The summed E-state index contributed by atoms with van der Waals surface area (Å²) in [6.07, 6.45) is 1.86. The first-order valence-electron chi connectivity index (χ1n) is 11.4. The lowest BCUT2D eigenvalue weighted by molar-refractivity contribution is -0.142. The Balaban J connectivity index is 1.34. The average molecular weight is 466 g/mol. The van der Waals surface area contributed by atoms with Gasteiger partial charge in [0, 0.05) is 31.7 Å². The van der Waals surface area contributed by atoms with E-state index in [2.05, 4.69) is 10.3 Å². The quantitative estimate of drug-likeness (QED) is 0.454. The number of ketones is 1. The van der Waals surface area contributed by atoms with E-state index in [1.165, 1.54) is 0 Å². The molecule has 0 aliphatic carbocycles. The van der Waals surface area contributed by atoms with Gasteiger partial charge in [0.15, 0.2) is 5.78 Å². The van der Waals surface area contributed by atoms with E-state index in [1.807, 2.05) is 0 Å². The van der Waals surface area contributed by atoms with Crippen LogP contribution in [0.15, 0.2) is 53.3 Å². The van der Waals surface area contributed by atoms with E-state index >= 15 is 0 Å². The van der Waals surface area contributed by atoms with Crippen LogP contribution >= 0.6 is 0 Å². The standard InChI is InChI=1S/C25H27N3O6/c29-23(18-5-7-20(8-6-18)34-16-17-10-13-33-14-11-17)15-19(25(31)32)9-12-28-24(30)21-3-1-2-4-22(21)26-27-28/h1-8,17,19H,9-16H2,(H,31,32). The molecule has 1 N–H and O–H groups in total. The van der Waals surface area contributed by atoms with E-state index in [0.717, 1.165) is 30.7 Å². The molecule has 1 saturated heterocycles. The monoisotopic (exact) mass is 465 g/mol. The normalized spacial score (nSPS) is 15.2. The third kappa shape index (κ3) is 5.85. The molecule has 0 saturated carbocycles. The number of carboxylic acid groups (broad SMARTS) is 1. The van der Waals surface area contributed by atoms with Crippen molar-refractivity contribution in [2.45, 2.75) is 32.2 Å². The minimum absolute atomic E-state index is 0.0555. The van der Waals surface area contributed by atoms with Gasteiger partial charge in [-0.3, -0.25) is 14.4 Å². The second kappa shape index (κ2) is 11.0. The molecule has 1 fully saturated rings. The number of carboxylic acids is 1. The number of carbonyl (C=O) groups is 2. The first-order chi connectivity index (χ1) is 16.5. The van der Waals surface area contributed by atoms with E-state index in [4.69, 9.17) is 9.47 Å². The zero-order valence-electron chi connectivity index (χ0n) is 18.8. The van der Waals surface area contributed by atoms with Crippen LogP contribution in [0.4, 0.5) is 0 Å². The van der Waals surface area contributed by atoms with Crippen molar-refractivity contribution in [3.05, 3.63) is 64.4 Å². The zero-order valence-corrected chi connectivity index (χ0v) is 18.8. The van der Waals surface area contributed by atoms with Crippen molar-refractivity contribution in [1.82, 2.24) is 15.0 Å². The highest BCUT2D eigenvalue weighted by Gasteiger charge is 2.23. The first-order valence-corrected chi connectivity index (χ1v) is 11.4. The lowest BCUT2D eigenvalue weighted by Crippen LogP contribution is -2.27. The second-order valence-corrected chi connectivity index (χ2v) is 8.48. The molecule has 4 rings (SSSR count). The van der Waals surface area contributed by atoms with Gasteiger partial charge in [0.1, 0.15) is 11.3 Å². The number of hydrogen-bond acceptors (Lipinski definition) is 7. The number of benzene rings is 2. The Bertz CT molecular complexity index is 1200. The Morgan fingerprint density at radius 2 is 1.85 bits per heavy atom. The van der Waals surface area contributed by atoms with Crippen LogP contribution in [0.2, 0.25) is 0 Å². The highest BCUT2D eigenvalue weighted by atomic mass is 16.5. The molecule has 0 amide bonds. The van der Waals surface area contributed by atoms with Crippen molar-refractivity contribution >= 4 is 22.7 Å². The second-order valence-electron chi connectivity index (χ2n) is 8.48. The van der Waals surface area contributed by atoms with Gasteiger partial charge >= 0.3 is 5.97 Å². The molecule has 3 aromatic rings. The van der Waals surface area contributed by atoms with Crippen LogP contribution < -0.4 is 10.3 Å². The molecule has 178 valence electrons. The fraction of sp³-hybridized carbons (Fsp3) is 0.400. The molecule has 0 spiro atoms. The maximum absolute atomic E-state index is 12.7. The summed E-state index contributed by atoms with van der Waals surface area (Å²) in [6, 6.07) is 13.6. The third-order valence-electron chi connectivity index (χ3n) is 6.10. The number of aryl methyl sites for hydroxylation is 1. The summed E-state index contributed by atoms with van der Waals surface area (Å²) in [5, 5.41) is 17.9. The summed E-state index contributed by atoms with van der Waals surface area (Å²) in [7, 11) is 0. The lowest BCUT2D eigenvalue weighted by Gasteiger charge is -2.22. The van der Waals surface area contributed by atoms with E-state index < -0.39 is 11.9 Å². The van der Waals surface area contributed by atoms with E-state index in [-0.39, 0.29) is 30.7 Å². The van der Waals surface area contributed by atoms with Gasteiger partial charge in [-0.1, -0.05) is 17.3 Å². The van der Waals surface area contributed by atoms with Crippen molar-refractivity contribution in [1.29, 1.82) is 0 Å². The van der Waals surface area contributed by atoms with E-state index in [0.29, 0.717) is 34.7 Å². The van der Waals surface area contributed by atoms with Gasteiger partial charge in [-0.05, 0) is 61.6 Å². The predicted octanol–water partition coefficient (Wildman–Crippen LogP) is 2.96. The number of carbonyl (C=O) groups excluding carboxylic acids is 1. The predicted molar refractivity (Wildman–Crippen MR) is 124 cm³/mol. The Labute approximate surface area is 196 Å². The number of ether oxygens (including phenoxy) is 2. The number of aliphatic carboxylic acids is 1. The van der Waals surface area contributed by atoms with Crippen molar-refractivity contribution in [3.8, 4) is 5.75 Å². The van der Waals surface area contributed by atoms with Gasteiger partial charge in [0.05, 0.1) is 17.9 Å². The molecule has 2 aromatic carbocycles. The van der Waals surface area contributed by atoms with Gasteiger partial charge in [-0.25, -0.2) is 4.68 Å². The van der Waals surface area contributed by atoms with Crippen LogP contribution in [-0.2, 0) is 16.1 Å². The lowest BCUT2D eigenvalue weighted by atomic mass is 9.95. The number of fused-ring (bicyclic) bond motifs is 1. The van der Waals surface area contributed by atoms with Crippen LogP contribution in [0.25, 0.3) is 10.9 Å². The summed E-state index contributed by atoms with van der Waals surface area (Å²) in [4.78, 5) is 37.1. The molecular formula is C25H27N3O6. The van der Waals surface area contributed by atoms with Gasteiger partial charge in [-0.2, -0.15) is 0 Å². The summed E-state index contributed by atoms with van der Waals surface area (Å²) in [5.74, 6) is -1.18. The Morgan fingerprint density at radius 1 is 1.12 bits per heavy atom. The largest absolute Gasteiger partial charge is 0.493 e. The van der Waals surface area contributed by atoms with E-state index in [9.17, 15) is 19.5 Å². The van der Waals surface area contributed by atoms with Crippen molar-refractivity contribution in [2.75, 3.05) is 19.8 Å². The van der Waals surface area contributed by atoms with Gasteiger partial charge < -0.3 is 14.6 Å². The average Bonchev–Trinajstić information content (AvgIpc) is 2.87. The molecule has 0 bridgehead atoms. The molecule has 9 nitrogen and oxygen atoms in total.